The second kappa shape index (κ2) is 6.02. The number of rotatable bonds is 3. The second-order valence-electron chi connectivity index (χ2n) is 5.17. The number of para-hydroxylation sites is 1. The Morgan fingerprint density at radius 1 is 1.14 bits per heavy atom. The lowest BCUT2D eigenvalue weighted by atomic mass is 10.1. The molecule has 2 aromatic heterocycles. The van der Waals surface area contributed by atoms with Gasteiger partial charge in [-0.2, -0.15) is 11.3 Å². The summed E-state index contributed by atoms with van der Waals surface area (Å²) in [5.74, 6) is -0.0890. The number of anilines is 1. The summed E-state index contributed by atoms with van der Waals surface area (Å²) < 4.78 is 0. The van der Waals surface area contributed by atoms with Crippen molar-refractivity contribution in [2.45, 2.75) is 20.8 Å². The monoisotopic (exact) mass is 328 g/mol. The third kappa shape index (κ3) is 2.82. The Hall–Kier alpha value is -1.98. The molecule has 3 rings (SSSR count). The van der Waals surface area contributed by atoms with Crippen molar-refractivity contribution in [3.63, 3.8) is 0 Å². The van der Waals surface area contributed by atoms with Gasteiger partial charge in [0.25, 0.3) is 5.91 Å². The Balaban J connectivity index is 1.90. The number of thiazole rings is 1. The number of nitrogens with zero attached hydrogens (tertiary/aromatic N) is 1. The normalized spacial score (nSPS) is 10.7. The predicted octanol–water partition coefficient (Wildman–Crippen LogP) is 5.05. The smallest absolute Gasteiger partial charge is 0.267 e. The zero-order chi connectivity index (χ0) is 15.7. The minimum absolute atomic E-state index is 0.0890. The number of hydrogen-bond donors (Lipinski definition) is 1. The molecule has 0 fully saturated rings. The van der Waals surface area contributed by atoms with E-state index in [2.05, 4.69) is 10.3 Å². The van der Waals surface area contributed by atoms with Crippen LogP contribution in [0.2, 0.25) is 0 Å². The van der Waals surface area contributed by atoms with Crippen molar-refractivity contribution in [1.82, 2.24) is 4.98 Å². The lowest BCUT2D eigenvalue weighted by molar-refractivity contribution is 0.102. The van der Waals surface area contributed by atoms with Gasteiger partial charge in [-0.05, 0) is 43.3 Å². The molecule has 1 amide bonds. The highest BCUT2D eigenvalue weighted by molar-refractivity contribution is 7.17. The van der Waals surface area contributed by atoms with Crippen LogP contribution in [0.15, 0.2) is 35.0 Å². The van der Waals surface area contributed by atoms with E-state index in [0.29, 0.717) is 4.88 Å². The molecule has 0 spiro atoms. The van der Waals surface area contributed by atoms with E-state index in [-0.39, 0.29) is 5.91 Å². The summed E-state index contributed by atoms with van der Waals surface area (Å²) in [7, 11) is 0. The molecule has 22 heavy (non-hydrogen) atoms. The van der Waals surface area contributed by atoms with E-state index in [1.54, 1.807) is 11.3 Å². The molecule has 0 saturated carbocycles. The molecule has 0 aliphatic carbocycles. The lowest BCUT2D eigenvalue weighted by Gasteiger charge is -2.10. The molecular formula is C17H16N2OS2. The Morgan fingerprint density at radius 3 is 2.50 bits per heavy atom. The number of carbonyl (C=O) groups is 1. The van der Waals surface area contributed by atoms with E-state index in [1.807, 2.05) is 55.8 Å². The summed E-state index contributed by atoms with van der Waals surface area (Å²) in [6, 6.07) is 8.01. The Labute approximate surface area is 137 Å². The number of aryl methyl sites for hydroxylation is 3. The van der Waals surface area contributed by atoms with Gasteiger partial charge in [-0.1, -0.05) is 18.2 Å². The lowest BCUT2D eigenvalue weighted by Crippen LogP contribution is -2.13. The number of amides is 1. The van der Waals surface area contributed by atoms with Crippen LogP contribution in [0.1, 0.15) is 26.5 Å². The quantitative estimate of drug-likeness (QED) is 0.731. The van der Waals surface area contributed by atoms with Crippen LogP contribution in [-0.2, 0) is 0 Å². The number of nitrogens with one attached hydrogen (secondary N) is 1. The van der Waals surface area contributed by atoms with Gasteiger partial charge in [-0.15, -0.1) is 11.3 Å². The molecule has 0 bridgehead atoms. The zero-order valence-electron chi connectivity index (χ0n) is 12.6. The third-order valence-corrected chi connectivity index (χ3v) is 5.38. The predicted molar refractivity (Wildman–Crippen MR) is 94.0 cm³/mol. The first kappa shape index (κ1) is 14.9. The van der Waals surface area contributed by atoms with Crippen LogP contribution in [0.5, 0.6) is 0 Å². The minimum Gasteiger partial charge on any atom is -0.321 e. The summed E-state index contributed by atoms with van der Waals surface area (Å²) in [6.45, 7) is 5.88. The molecule has 1 N–H and O–H groups in total. The highest BCUT2D eigenvalue weighted by Crippen LogP contribution is 2.30. The third-order valence-electron chi connectivity index (χ3n) is 3.49. The van der Waals surface area contributed by atoms with Crippen molar-refractivity contribution in [1.29, 1.82) is 0 Å². The Kier molecular flexibility index (Phi) is 4.09. The fourth-order valence-corrected chi connectivity index (χ4v) is 3.97. The molecule has 0 aliphatic rings. The SMILES string of the molecule is Cc1cccc(C)c1NC(=O)c1sc(-c2ccsc2)nc1C. The van der Waals surface area contributed by atoms with Crippen molar-refractivity contribution in [2.75, 3.05) is 5.32 Å². The molecule has 3 nitrogen and oxygen atoms in total. The summed E-state index contributed by atoms with van der Waals surface area (Å²) in [6.07, 6.45) is 0. The van der Waals surface area contributed by atoms with Crippen LogP contribution in [0, 0.1) is 20.8 Å². The van der Waals surface area contributed by atoms with Gasteiger partial charge in [0.1, 0.15) is 9.88 Å². The average molecular weight is 328 g/mol. The highest BCUT2D eigenvalue weighted by atomic mass is 32.1. The van der Waals surface area contributed by atoms with E-state index in [9.17, 15) is 4.79 Å². The maximum Gasteiger partial charge on any atom is 0.267 e. The highest BCUT2D eigenvalue weighted by Gasteiger charge is 2.17. The van der Waals surface area contributed by atoms with Crippen molar-refractivity contribution in [2.24, 2.45) is 0 Å². The fraction of sp³-hybridized carbons (Fsp3) is 0.176. The number of benzene rings is 1. The van der Waals surface area contributed by atoms with Gasteiger partial charge >= 0.3 is 0 Å². The molecule has 0 saturated heterocycles. The fourth-order valence-electron chi connectivity index (χ4n) is 2.30. The Bertz CT molecular complexity index is 799. The van der Waals surface area contributed by atoms with Crippen LogP contribution in [0.4, 0.5) is 5.69 Å². The summed E-state index contributed by atoms with van der Waals surface area (Å²) >= 11 is 3.07. The van der Waals surface area contributed by atoms with Gasteiger partial charge in [0, 0.05) is 16.6 Å². The number of hydrogen-bond acceptors (Lipinski definition) is 4. The van der Waals surface area contributed by atoms with Crippen molar-refractivity contribution in [3.05, 3.63) is 56.7 Å². The minimum atomic E-state index is -0.0890. The van der Waals surface area contributed by atoms with E-state index in [4.69, 9.17) is 0 Å². The number of thiophene rings is 1. The van der Waals surface area contributed by atoms with Crippen LogP contribution in [0.25, 0.3) is 10.6 Å². The molecule has 0 aliphatic heterocycles. The molecule has 0 radical (unpaired) electrons. The second-order valence-corrected chi connectivity index (χ2v) is 6.95. The standard InChI is InChI=1S/C17H16N2OS2/c1-10-5-4-6-11(2)14(10)19-16(20)15-12(3)18-17(22-15)13-7-8-21-9-13/h4-9H,1-3H3,(H,19,20). The maximum atomic E-state index is 12.6. The molecule has 112 valence electrons. The molecule has 5 heteroatoms. The van der Waals surface area contributed by atoms with Crippen molar-refractivity contribution in [3.8, 4) is 10.6 Å². The van der Waals surface area contributed by atoms with Gasteiger partial charge in [-0.25, -0.2) is 4.98 Å². The van der Waals surface area contributed by atoms with Gasteiger partial charge < -0.3 is 5.32 Å². The van der Waals surface area contributed by atoms with Crippen LogP contribution >= 0.6 is 22.7 Å². The summed E-state index contributed by atoms with van der Waals surface area (Å²) in [4.78, 5) is 17.8. The van der Waals surface area contributed by atoms with E-state index < -0.39 is 0 Å². The van der Waals surface area contributed by atoms with E-state index in [0.717, 1.165) is 33.1 Å². The molecule has 3 aromatic rings. The summed E-state index contributed by atoms with van der Waals surface area (Å²) in [5, 5.41) is 7.99. The molecule has 0 unspecified atom stereocenters. The largest absolute Gasteiger partial charge is 0.321 e. The number of aromatic nitrogens is 1. The average Bonchev–Trinajstić information content (AvgIpc) is 3.12. The van der Waals surface area contributed by atoms with Gasteiger partial charge in [0.15, 0.2) is 0 Å². The zero-order valence-corrected chi connectivity index (χ0v) is 14.3. The van der Waals surface area contributed by atoms with Gasteiger partial charge in [0.05, 0.1) is 5.69 Å². The van der Waals surface area contributed by atoms with Crippen LogP contribution < -0.4 is 5.32 Å². The first-order chi connectivity index (χ1) is 10.6. The first-order valence-electron chi connectivity index (χ1n) is 6.94. The van der Waals surface area contributed by atoms with Crippen LogP contribution in [-0.4, -0.2) is 10.9 Å². The van der Waals surface area contributed by atoms with E-state index in [1.165, 1.54) is 11.3 Å². The van der Waals surface area contributed by atoms with Crippen molar-refractivity contribution < 1.29 is 4.79 Å². The molecule has 1 aromatic carbocycles. The van der Waals surface area contributed by atoms with E-state index >= 15 is 0 Å². The van der Waals surface area contributed by atoms with Crippen LogP contribution in [0.3, 0.4) is 0 Å². The van der Waals surface area contributed by atoms with Gasteiger partial charge in [0.2, 0.25) is 0 Å². The topological polar surface area (TPSA) is 42.0 Å². The molecular weight excluding hydrogens is 312 g/mol. The Morgan fingerprint density at radius 2 is 1.86 bits per heavy atom. The first-order valence-corrected chi connectivity index (χ1v) is 8.69. The maximum absolute atomic E-state index is 12.6. The molecule has 0 atom stereocenters. The number of carbonyl (C=O) groups excluding carboxylic acids is 1. The van der Waals surface area contributed by atoms with Gasteiger partial charge in [-0.3, -0.25) is 4.79 Å². The molecule has 2 heterocycles. The summed E-state index contributed by atoms with van der Waals surface area (Å²) in [5.41, 5.74) is 4.86. The van der Waals surface area contributed by atoms with Crippen molar-refractivity contribution >= 4 is 34.3 Å².